The molecule has 0 aliphatic carbocycles. The molecule has 0 atom stereocenters. The van der Waals surface area contributed by atoms with Crippen LogP contribution < -0.4 is 14.8 Å². The molecule has 0 fully saturated rings. The molecule has 0 unspecified atom stereocenters. The summed E-state index contributed by atoms with van der Waals surface area (Å²) >= 11 is 0. The van der Waals surface area contributed by atoms with E-state index in [1.807, 2.05) is 74.5 Å². The van der Waals surface area contributed by atoms with Crippen molar-refractivity contribution in [2.24, 2.45) is 0 Å². The Bertz CT molecular complexity index is 1290. The van der Waals surface area contributed by atoms with Gasteiger partial charge in [-0.2, -0.15) is 0 Å². The lowest BCUT2D eigenvalue weighted by molar-refractivity contribution is 0.0950. The number of nitrogens with zero attached hydrogens (tertiary/aromatic N) is 1. The first kappa shape index (κ1) is 22.1. The minimum Gasteiger partial charge on any atom is -0.497 e. The quantitative estimate of drug-likeness (QED) is 0.408. The van der Waals surface area contributed by atoms with Gasteiger partial charge in [0.2, 0.25) is 0 Å². The van der Waals surface area contributed by atoms with Crippen molar-refractivity contribution in [3.05, 3.63) is 89.1 Å². The maximum atomic E-state index is 12.7. The van der Waals surface area contributed by atoms with Crippen molar-refractivity contribution in [1.82, 2.24) is 15.3 Å². The summed E-state index contributed by atoms with van der Waals surface area (Å²) in [6, 6.07) is 19.4. The summed E-state index contributed by atoms with van der Waals surface area (Å²) in [4.78, 5) is 20.6. The van der Waals surface area contributed by atoms with E-state index < -0.39 is 0 Å². The zero-order valence-corrected chi connectivity index (χ0v) is 19.2. The highest BCUT2D eigenvalue weighted by Crippen LogP contribution is 2.33. The molecule has 6 heteroatoms. The molecule has 0 aliphatic rings. The van der Waals surface area contributed by atoms with Crippen LogP contribution in [0.4, 0.5) is 0 Å². The third-order valence-corrected chi connectivity index (χ3v) is 5.78. The number of carbonyl (C=O) groups is 1. The number of carbonyl (C=O) groups excluding carboxylic acids is 1. The lowest BCUT2D eigenvalue weighted by Crippen LogP contribution is -2.23. The fourth-order valence-electron chi connectivity index (χ4n) is 3.73. The van der Waals surface area contributed by atoms with Gasteiger partial charge in [0.25, 0.3) is 5.91 Å². The first-order chi connectivity index (χ1) is 16.0. The number of benzene rings is 3. The lowest BCUT2D eigenvalue weighted by Gasteiger charge is -2.10. The molecular formula is C27H27N3O3. The third kappa shape index (κ3) is 4.75. The van der Waals surface area contributed by atoms with Crippen LogP contribution in [0.2, 0.25) is 0 Å². The van der Waals surface area contributed by atoms with Gasteiger partial charge in [0, 0.05) is 23.2 Å². The molecule has 168 valence electrons. The topological polar surface area (TPSA) is 76.2 Å². The number of imidazole rings is 1. The predicted octanol–water partition coefficient (Wildman–Crippen LogP) is 5.31. The van der Waals surface area contributed by atoms with Crippen LogP contribution in [-0.4, -0.2) is 30.1 Å². The lowest BCUT2D eigenvalue weighted by atomic mass is 10.0. The van der Waals surface area contributed by atoms with Crippen LogP contribution in [0, 0.1) is 13.8 Å². The fourth-order valence-corrected chi connectivity index (χ4v) is 3.73. The Balaban J connectivity index is 1.53. The summed E-state index contributed by atoms with van der Waals surface area (Å²) in [5.74, 6) is 2.13. The normalized spacial score (nSPS) is 10.7. The molecule has 0 bridgehead atoms. The van der Waals surface area contributed by atoms with E-state index in [2.05, 4.69) is 15.3 Å². The van der Waals surface area contributed by atoms with Crippen LogP contribution in [0.1, 0.15) is 27.0 Å². The SMILES string of the molecule is COc1ccc(OC)c(-c2cnc(-c3cccc(CNC(=O)c4cccc(C)c4C)c3)[nH]2)c1. The highest BCUT2D eigenvalue weighted by atomic mass is 16.5. The van der Waals surface area contributed by atoms with Crippen LogP contribution in [-0.2, 0) is 6.54 Å². The predicted molar refractivity (Wildman–Crippen MR) is 130 cm³/mol. The molecular weight excluding hydrogens is 414 g/mol. The highest BCUT2D eigenvalue weighted by Gasteiger charge is 2.13. The van der Waals surface area contributed by atoms with Crippen molar-refractivity contribution in [2.75, 3.05) is 14.2 Å². The number of rotatable bonds is 7. The van der Waals surface area contributed by atoms with Gasteiger partial charge in [0.15, 0.2) is 0 Å². The summed E-state index contributed by atoms with van der Waals surface area (Å²) in [7, 11) is 3.27. The van der Waals surface area contributed by atoms with E-state index in [0.717, 1.165) is 50.8 Å². The van der Waals surface area contributed by atoms with Gasteiger partial charge in [-0.25, -0.2) is 4.98 Å². The van der Waals surface area contributed by atoms with E-state index in [1.165, 1.54) is 0 Å². The number of amides is 1. The Hall–Kier alpha value is -4.06. The second-order valence-electron chi connectivity index (χ2n) is 7.84. The summed E-state index contributed by atoms with van der Waals surface area (Å²) < 4.78 is 10.8. The van der Waals surface area contributed by atoms with Gasteiger partial charge in [-0.05, 0) is 60.9 Å². The maximum absolute atomic E-state index is 12.7. The van der Waals surface area contributed by atoms with Crippen LogP contribution in [0.25, 0.3) is 22.6 Å². The zero-order chi connectivity index (χ0) is 23.4. The second kappa shape index (κ2) is 9.61. The smallest absolute Gasteiger partial charge is 0.251 e. The largest absolute Gasteiger partial charge is 0.497 e. The number of methoxy groups -OCH3 is 2. The van der Waals surface area contributed by atoms with Crippen LogP contribution >= 0.6 is 0 Å². The number of hydrogen-bond donors (Lipinski definition) is 2. The van der Waals surface area contributed by atoms with Crippen molar-refractivity contribution in [1.29, 1.82) is 0 Å². The van der Waals surface area contributed by atoms with Gasteiger partial charge in [-0.3, -0.25) is 4.79 Å². The van der Waals surface area contributed by atoms with E-state index >= 15 is 0 Å². The third-order valence-electron chi connectivity index (χ3n) is 5.78. The summed E-state index contributed by atoms with van der Waals surface area (Å²) in [6.45, 7) is 4.41. The Labute approximate surface area is 193 Å². The first-order valence-electron chi connectivity index (χ1n) is 10.7. The average molecular weight is 442 g/mol. The highest BCUT2D eigenvalue weighted by molar-refractivity contribution is 5.95. The van der Waals surface area contributed by atoms with Crippen LogP contribution in [0.5, 0.6) is 11.5 Å². The second-order valence-corrected chi connectivity index (χ2v) is 7.84. The average Bonchev–Trinajstić information content (AvgIpc) is 3.34. The molecule has 0 spiro atoms. The number of H-pyrrole nitrogens is 1. The minimum atomic E-state index is -0.0768. The summed E-state index contributed by atoms with van der Waals surface area (Å²) in [6.07, 6.45) is 1.78. The Kier molecular flexibility index (Phi) is 6.45. The van der Waals surface area contributed by atoms with Crippen molar-refractivity contribution < 1.29 is 14.3 Å². The molecule has 4 rings (SSSR count). The van der Waals surface area contributed by atoms with E-state index in [-0.39, 0.29) is 5.91 Å². The summed E-state index contributed by atoms with van der Waals surface area (Å²) in [5.41, 5.74) is 6.42. The number of nitrogens with one attached hydrogen (secondary N) is 2. The van der Waals surface area contributed by atoms with Gasteiger partial charge in [0.05, 0.1) is 26.1 Å². The molecule has 1 heterocycles. The van der Waals surface area contributed by atoms with Crippen molar-refractivity contribution in [3.63, 3.8) is 0 Å². The van der Waals surface area contributed by atoms with Crippen molar-refractivity contribution in [2.45, 2.75) is 20.4 Å². The van der Waals surface area contributed by atoms with Gasteiger partial charge in [0.1, 0.15) is 17.3 Å². The minimum absolute atomic E-state index is 0.0768. The van der Waals surface area contributed by atoms with E-state index in [4.69, 9.17) is 9.47 Å². The molecule has 0 saturated carbocycles. The molecule has 1 amide bonds. The van der Waals surface area contributed by atoms with Crippen molar-refractivity contribution >= 4 is 5.91 Å². The Morgan fingerprint density at radius 1 is 1.00 bits per heavy atom. The molecule has 4 aromatic rings. The standard InChI is InChI=1S/C27H27N3O3/c1-17-7-5-10-22(18(17)2)27(31)29-15-19-8-6-9-20(13-19)26-28-16-24(30-26)23-14-21(32-3)11-12-25(23)33-4/h5-14,16H,15H2,1-4H3,(H,28,30)(H,29,31). The molecule has 33 heavy (non-hydrogen) atoms. The molecule has 3 aromatic carbocycles. The number of aromatic amines is 1. The van der Waals surface area contributed by atoms with Crippen molar-refractivity contribution in [3.8, 4) is 34.1 Å². The molecule has 6 nitrogen and oxygen atoms in total. The summed E-state index contributed by atoms with van der Waals surface area (Å²) in [5, 5.41) is 3.02. The molecule has 0 radical (unpaired) electrons. The first-order valence-corrected chi connectivity index (χ1v) is 10.7. The Morgan fingerprint density at radius 3 is 2.61 bits per heavy atom. The maximum Gasteiger partial charge on any atom is 0.251 e. The van der Waals surface area contributed by atoms with Gasteiger partial charge in [-0.15, -0.1) is 0 Å². The molecule has 0 aliphatic heterocycles. The van der Waals surface area contributed by atoms with E-state index in [1.54, 1.807) is 20.4 Å². The van der Waals surface area contributed by atoms with Gasteiger partial charge < -0.3 is 19.8 Å². The zero-order valence-electron chi connectivity index (χ0n) is 19.2. The van der Waals surface area contributed by atoms with Gasteiger partial charge in [-0.1, -0.05) is 30.3 Å². The Morgan fingerprint density at radius 2 is 1.82 bits per heavy atom. The number of aromatic nitrogens is 2. The fraction of sp³-hybridized carbons (Fsp3) is 0.185. The van der Waals surface area contributed by atoms with E-state index in [9.17, 15) is 4.79 Å². The number of hydrogen-bond acceptors (Lipinski definition) is 4. The van der Waals surface area contributed by atoms with E-state index in [0.29, 0.717) is 12.1 Å². The monoisotopic (exact) mass is 441 g/mol. The molecule has 1 aromatic heterocycles. The number of aryl methyl sites for hydroxylation is 1. The van der Waals surface area contributed by atoms with Gasteiger partial charge >= 0.3 is 0 Å². The molecule has 0 saturated heterocycles. The molecule has 2 N–H and O–H groups in total. The number of ether oxygens (including phenoxy) is 2. The van der Waals surface area contributed by atoms with Crippen LogP contribution in [0.3, 0.4) is 0 Å². The van der Waals surface area contributed by atoms with Crippen LogP contribution in [0.15, 0.2) is 66.9 Å².